The summed E-state index contributed by atoms with van der Waals surface area (Å²) in [4.78, 5) is 8.29. The van der Waals surface area contributed by atoms with Crippen LogP contribution in [0.2, 0.25) is 0 Å². The summed E-state index contributed by atoms with van der Waals surface area (Å²) in [6, 6.07) is 0. The molecule has 0 saturated heterocycles. The molecule has 2 aromatic rings. The number of hydrogen-bond donors (Lipinski definition) is 0. The van der Waals surface area contributed by atoms with Crippen molar-refractivity contribution in [1.82, 2.24) is 9.97 Å². The Bertz CT molecular complexity index is 500. The van der Waals surface area contributed by atoms with Crippen molar-refractivity contribution in [3.8, 4) is 11.3 Å². The van der Waals surface area contributed by atoms with Crippen molar-refractivity contribution < 1.29 is 4.55 Å². The maximum Gasteiger partial charge on any atom is 0.161 e. The molecular formula is C8H6N2OS3. The molecule has 0 saturated carbocycles. The van der Waals surface area contributed by atoms with Gasteiger partial charge in [-0.1, -0.05) is 12.2 Å². The van der Waals surface area contributed by atoms with E-state index < -0.39 is 9.75 Å². The van der Waals surface area contributed by atoms with E-state index in [1.54, 1.807) is 17.8 Å². The van der Waals surface area contributed by atoms with Gasteiger partial charge in [0.15, 0.2) is 9.20 Å². The standard InChI is InChI=1S/C8H6N2OS3/c1-5-2-10-7(3-9-5)6-4-14(11)13-8(6)12/h2-4H,1H3. The van der Waals surface area contributed by atoms with Gasteiger partial charge >= 0.3 is 0 Å². The van der Waals surface area contributed by atoms with Gasteiger partial charge in [0, 0.05) is 16.0 Å². The van der Waals surface area contributed by atoms with Crippen LogP contribution in [0.1, 0.15) is 5.69 Å². The number of nitrogens with zero attached hydrogens (tertiary/aromatic N) is 2. The zero-order chi connectivity index (χ0) is 10.1. The summed E-state index contributed by atoms with van der Waals surface area (Å²) in [5.74, 6) is 0. The lowest BCUT2D eigenvalue weighted by molar-refractivity contribution is 0.603. The predicted molar refractivity (Wildman–Crippen MR) is 59.6 cm³/mol. The molecule has 1 atom stereocenters. The van der Waals surface area contributed by atoms with Crippen molar-refractivity contribution in [2.75, 3.05) is 0 Å². The highest BCUT2D eigenvalue weighted by Gasteiger charge is 2.09. The summed E-state index contributed by atoms with van der Waals surface area (Å²) in [5, 5.41) is 1.62. The van der Waals surface area contributed by atoms with E-state index in [0.29, 0.717) is 9.52 Å². The summed E-state index contributed by atoms with van der Waals surface area (Å²) < 4.78 is 11.8. The minimum atomic E-state index is -1.04. The zero-order valence-corrected chi connectivity index (χ0v) is 9.71. The van der Waals surface area contributed by atoms with Crippen LogP contribution in [0.15, 0.2) is 17.8 Å². The predicted octanol–water partition coefficient (Wildman–Crippen LogP) is 2.97. The lowest BCUT2D eigenvalue weighted by Crippen LogP contribution is -1.86. The SMILES string of the molecule is Cc1cnc(-c2c[s+]([O-])sc2=S)cn1. The smallest absolute Gasteiger partial charge is 0.161 e. The molecule has 2 rings (SSSR count). The average molecular weight is 242 g/mol. The Labute approximate surface area is 92.3 Å². The Kier molecular flexibility index (Phi) is 2.69. The molecule has 14 heavy (non-hydrogen) atoms. The Morgan fingerprint density at radius 3 is 2.71 bits per heavy atom. The highest BCUT2D eigenvalue weighted by molar-refractivity contribution is 7.82. The third kappa shape index (κ3) is 1.88. The fraction of sp³-hybridized carbons (Fsp3) is 0.125. The van der Waals surface area contributed by atoms with Crippen LogP contribution in [0.25, 0.3) is 11.3 Å². The van der Waals surface area contributed by atoms with Crippen molar-refractivity contribution in [3.63, 3.8) is 0 Å². The Morgan fingerprint density at radius 1 is 1.43 bits per heavy atom. The van der Waals surface area contributed by atoms with Gasteiger partial charge in [0.25, 0.3) is 0 Å². The first-order valence-electron chi connectivity index (χ1n) is 3.81. The van der Waals surface area contributed by atoms with Crippen LogP contribution in [0.3, 0.4) is 0 Å². The summed E-state index contributed by atoms with van der Waals surface area (Å²) in [7, 11) is 0.128. The zero-order valence-electron chi connectivity index (χ0n) is 7.26. The highest BCUT2D eigenvalue weighted by Crippen LogP contribution is 2.31. The Hall–Kier alpha value is -0.690. The molecule has 0 N–H and O–H groups in total. The first-order chi connectivity index (χ1) is 6.66. The molecule has 6 heteroatoms. The molecule has 0 fully saturated rings. The van der Waals surface area contributed by atoms with Crippen LogP contribution >= 0.6 is 32.3 Å². The molecule has 0 spiro atoms. The van der Waals surface area contributed by atoms with Crippen LogP contribution in [0.5, 0.6) is 0 Å². The van der Waals surface area contributed by atoms with Crippen molar-refractivity contribution in [3.05, 3.63) is 27.3 Å². The lowest BCUT2D eigenvalue weighted by Gasteiger charge is -1.93. The first-order valence-corrected chi connectivity index (χ1v) is 6.76. The van der Waals surface area contributed by atoms with Crippen LogP contribution in [-0.2, 0) is 0 Å². The normalized spacial score (nSPS) is 11.7. The maximum atomic E-state index is 11.2. The maximum absolute atomic E-state index is 11.2. The molecule has 72 valence electrons. The van der Waals surface area contributed by atoms with E-state index in [0.717, 1.165) is 11.3 Å². The van der Waals surface area contributed by atoms with Crippen molar-refractivity contribution >= 4 is 32.3 Å². The molecule has 0 aromatic carbocycles. The molecule has 3 nitrogen and oxygen atoms in total. The molecule has 0 aliphatic heterocycles. The van der Waals surface area contributed by atoms with Gasteiger partial charge in [-0.2, -0.15) is 0 Å². The van der Waals surface area contributed by atoms with Crippen LogP contribution in [0, 0.1) is 10.7 Å². The Balaban J connectivity index is 2.54. The monoisotopic (exact) mass is 242 g/mol. The highest BCUT2D eigenvalue weighted by atomic mass is 32.9. The number of hydrogen-bond acceptors (Lipinski definition) is 5. The van der Waals surface area contributed by atoms with Gasteiger partial charge in [0.05, 0.1) is 23.1 Å². The molecule has 0 radical (unpaired) electrons. The fourth-order valence-electron chi connectivity index (χ4n) is 0.984. The third-order valence-corrected chi connectivity index (χ3v) is 4.68. The average Bonchev–Trinajstić information content (AvgIpc) is 2.47. The van der Waals surface area contributed by atoms with Crippen molar-refractivity contribution in [2.24, 2.45) is 0 Å². The number of rotatable bonds is 1. The van der Waals surface area contributed by atoms with Gasteiger partial charge in [0.1, 0.15) is 10.3 Å². The van der Waals surface area contributed by atoms with Crippen LogP contribution < -0.4 is 0 Å². The summed E-state index contributed by atoms with van der Waals surface area (Å²) >= 11 is 5.07. The second kappa shape index (κ2) is 3.82. The van der Waals surface area contributed by atoms with Crippen molar-refractivity contribution in [1.29, 1.82) is 0 Å². The number of aromatic nitrogens is 2. The molecule has 0 bridgehead atoms. The second-order valence-electron chi connectivity index (χ2n) is 2.71. The van der Waals surface area contributed by atoms with Gasteiger partial charge in [-0.15, -0.1) is 0 Å². The summed E-state index contributed by atoms with van der Waals surface area (Å²) in [6.07, 6.45) is 3.32. The summed E-state index contributed by atoms with van der Waals surface area (Å²) in [5.41, 5.74) is 2.31. The van der Waals surface area contributed by atoms with Crippen molar-refractivity contribution in [2.45, 2.75) is 6.92 Å². The van der Waals surface area contributed by atoms with E-state index >= 15 is 0 Å². The van der Waals surface area contributed by atoms with E-state index in [-0.39, 0.29) is 0 Å². The van der Waals surface area contributed by atoms with Gasteiger partial charge in [-0.3, -0.25) is 9.97 Å². The minimum absolute atomic E-state index is 0.626. The van der Waals surface area contributed by atoms with Crippen LogP contribution in [-0.4, -0.2) is 14.5 Å². The number of aryl methyl sites for hydroxylation is 1. The molecule has 0 amide bonds. The second-order valence-corrected chi connectivity index (χ2v) is 6.19. The molecule has 0 aliphatic carbocycles. The van der Waals surface area contributed by atoms with Crippen LogP contribution in [0.4, 0.5) is 0 Å². The van der Waals surface area contributed by atoms with Gasteiger partial charge in [-0.25, -0.2) is 0 Å². The summed E-state index contributed by atoms with van der Waals surface area (Å²) in [6.45, 7) is 1.87. The van der Waals surface area contributed by atoms with E-state index in [1.165, 1.54) is 10.3 Å². The first kappa shape index (κ1) is 9.85. The van der Waals surface area contributed by atoms with E-state index in [4.69, 9.17) is 12.2 Å². The van der Waals surface area contributed by atoms with E-state index in [2.05, 4.69) is 9.97 Å². The largest absolute Gasteiger partial charge is 0.579 e. The van der Waals surface area contributed by atoms with E-state index in [9.17, 15) is 4.55 Å². The molecule has 1 unspecified atom stereocenters. The van der Waals surface area contributed by atoms with Gasteiger partial charge in [0.2, 0.25) is 0 Å². The van der Waals surface area contributed by atoms with E-state index in [1.807, 2.05) is 6.92 Å². The Morgan fingerprint density at radius 2 is 2.21 bits per heavy atom. The molecule has 2 heterocycles. The topological polar surface area (TPSA) is 48.8 Å². The molecule has 2 aromatic heterocycles. The minimum Gasteiger partial charge on any atom is -0.579 e. The lowest BCUT2D eigenvalue weighted by atomic mass is 10.3. The third-order valence-electron chi connectivity index (χ3n) is 1.65. The molecular weight excluding hydrogens is 236 g/mol. The molecule has 0 aliphatic rings. The van der Waals surface area contributed by atoms with Gasteiger partial charge in [-0.05, 0) is 6.92 Å². The quantitative estimate of drug-likeness (QED) is 0.438. The van der Waals surface area contributed by atoms with Gasteiger partial charge < -0.3 is 4.55 Å². The fourth-order valence-corrected chi connectivity index (χ4v) is 3.93.